The fraction of sp³-hybridized carbons (Fsp3) is 0.700. The van der Waals surface area contributed by atoms with Gasteiger partial charge < -0.3 is 9.84 Å². The van der Waals surface area contributed by atoms with Crippen LogP contribution in [0.4, 0.5) is 0 Å². The molecule has 1 aliphatic heterocycles. The third kappa shape index (κ3) is 2.48. The van der Waals surface area contributed by atoms with Gasteiger partial charge in [0, 0.05) is 25.0 Å². The molecule has 1 aromatic heterocycles. The maximum Gasteiger partial charge on any atom is 0.264 e. The van der Waals surface area contributed by atoms with Crippen LogP contribution in [0.3, 0.4) is 0 Å². The molecule has 0 radical (unpaired) electrons. The van der Waals surface area contributed by atoms with E-state index in [4.69, 9.17) is 4.74 Å². The van der Waals surface area contributed by atoms with Crippen LogP contribution in [-0.4, -0.2) is 23.4 Å². The Morgan fingerprint density at radius 1 is 1.36 bits per heavy atom. The Morgan fingerprint density at radius 3 is 2.79 bits per heavy atom. The molecule has 2 heterocycles. The van der Waals surface area contributed by atoms with Crippen LogP contribution in [0.1, 0.15) is 25.0 Å². The number of ether oxygens (including phenoxy) is 1. The average Bonchev–Trinajstić information content (AvgIpc) is 2.63. The van der Waals surface area contributed by atoms with Crippen molar-refractivity contribution in [3.63, 3.8) is 0 Å². The molecule has 2 N–H and O–H groups in total. The van der Waals surface area contributed by atoms with Crippen molar-refractivity contribution in [1.29, 1.82) is 0 Å². The third-order valence-corrected chi connectivity index (χ3v) is 2.81. The van der Waals surface area contributed by atoms with Gasteiger partial charge in [0.25, 0.3) is 5.56 Å². The lowest BCUT2D eigenvalue weighted by molar-refractivity contribution is 0.0639. The van der Waals surface area contributed by atoms with Crippen LogP contribution < -0.4 is 5.56 Å². The van der Waals surface area contributed by atoms with Gasteiger partial charge >= 0.3 is 0 Å². The minimum atomic E-state index is -0.0352. The molecular weight excluding hydrogens is 180 g/mol. The van der Waals surface area contributed by atoms with Gasteiger partial charge in [0.2, 0.25) is 0 Å². The molecule has 1 fully saturated rings. The van der Waals surface area contributed by atoms with E-state index in [2.05, 4.69) is 10.2 Å². The van der Waals surface area contributed by atoms with Crippen molar-refractivity contribution in [2.75, 3.05) is 13.2 Å². The Labute approximate surface area is 82.7 Å². The van der Waals surface area contributed by atoms with Crippen molar-refractivity contribution in [3.05, 3.63) is 22.1 Å². The van der Waals surface area contributed by atoms with Crippen LogP contribution in [0.15, 0.2) is 10.9 Å². The predicted molar refractivity (Wildman–Crippen MR) is 53.3 cm³/mol. The normalized spacial score (nSPS) is 18.6. The molecule has 0 amide bonds. The second-order valence-corrected chi connectivity index (χ2v) is 3.88. The molecule has 0 unspecified atom stereocenters. The van der Waals surface area contributed by atoms with Crippen molar-refractivity contribution < 1.29 is 4.74 Å². The van der Waals surface area contributed by atoms with E-state index >= 15 is 0 Å². The van der Waals surface area contributed by atoms with Crippen molar-refractivity contribution in [3.8, 4) is 0 Å². The quantitative estimate of drug-likeness (QED) is 0.759. The van der Waals surface area contributed by atoms with E-state index < -0.39 is 0 Å². The molecule has 1 saturated heterocycles. The lowest BCUT2D eigenvalue weighted by Crippen LogP contribution is -2.16. The number of aryl methyl sites for hydroxylation is 1. The lowest BCUT2D eigenvalue weighted by Gasteiger charge is -2.21. The van der Waals surface area contributed by atoms with Gasteiger partial charge in [0.05, 0.1) is 0 Å². The smallest absolute Gasteiger partial charge is 0.264 e. The highest BCUT2D eigenvalue weighted by Gasteiger charge is 2.13. The van der Waals surface area contributed by atoms with E-state index in [1.807, 2.05) is 0 Å². The van der Waals surface area contributed by atoms with Crippen molar-refractivity contribution in [2.45, 2.75) is 25.7 Å². The van der Waals surface area contributed by atoms with Gasteiger partial charge in [-0.2, -0.15) is 0 Å². The molecule has 0 atom stereocenters. The van der Waals surface area contributed by atoms with Gasteiger partial charge in [-0.3, -0.25) is 9.89 Å². The summed E-state index contributed by atoms with van der Waals surface area (Å²) in [6, 6.07) is 1.64. The van der Waals surface area contributed by atoms with Gasteiger partial charge in [-0.05, 0) is 31.6 Å². The summed E-state index contributed by atoms with van der Waals surface area (Å²) in [5.74, 6) is 0.766. The van der Waals surface area contributed by atoms with Gasteiger partial charge in [-0.1, -0.05) is 0 Å². The van der Waals surface area contributed by atoms with Gasteiger partial charge in [-0.25, -0.2) is 0 Å². The summed E-state index contributed by atoms with van der Waals surface area (Å²) in [5, 5.41) is 5.43. The maximum absolute atomic E-state index is 10.8. The minimum absolute atomic E-state index is 0.0352. The molecule has 0 spiro atoms. The number of nitrogens with one attached hydrogen (secondary N) is 2. The first-order valence-electron chi connectivity index (χ1n) is 5.19. The molecule has 4 nitrogen and oxygen atoms in total. The number of hydrogen-bond acceptors (Lipinski definition) is 2. The number of aromatic amines is 2. The number of hydrogen-bond donors (Lipinski definition) is 2. The predicted octanol–water partition coefficient (Wildman–Crippen LogP) is 1.06. The fourth-order valence-electron chi connectivity index (χ4n) is 1.90. The van der Waals surface area contributed by atoms with Crippen LogP contribution in [0, 0.1) is 5.92 Å². The number of aromatic nitrogens is 2. The van der Waals surface area contributed by atoms with Crippen LogP contribution in [-0.2, 0) is 11.2 Å². The Kier molecular flexibility index (Phi) is 3.03. The molecule has 0 saturated carbocycles. The summed E-state index contributed by atoms with van der Waals surface area (Å²) in [7, 11) is 0. The largest absolute Gasteiger partial charge is 0.381 e. The molecule has 0 aliphatic carbocycles. The van der Waals surface area contributed by atoms with E-state index in [-0.39, 0.29) is 5.56 Å². The molecule has 2 rings (SSSR count). The lowest BCUT2D eigenvalue weighted by atomic mass is 9.94. The van der Waals surface area contributed by atoms with Crippen molar-refractivity contribution in [1.82, 2.24) is 10.2 Å². The van der Waals surface area contributed by atoms with E-state index in [0.29, 0.717) is 0 Å². The summed E-state index contributed by atoms with van der Waals surface area (Å²) in [6.45, 7) is 1.79. The van der Waals surface area contributed by atoms with Crippen LogP contribution in [0.25, 0.3) is 0 Å². The Balaban J connectivity index is 1.78. The Bertz CT molecular complexity index is 323. The summed E-state index contributed by atoms with van der Waals surface area (Å²) in [4.78, 5) is 10.8. The summed E-state index contributed by atoms with van der Waals surface area (Å²) < 4.78 is 5.29. The van der Waals surface area contributed by atoms with Crippen molar-refractivity contribution >= 4 is 0 Å². The highest BCUT2D eigenvalue weighted by atomic mass is 16.5. The van der Waals surface area contributed by atoms with Crippen LogP contribution in [0.2, 0.25) is 0 Å². The van der Waals surface area contributed by atoms with Gasteiger partial charge in [0.15, 0.2) is 0 Å². The SMILES string of the molecule is O=c1cc(CCC2CCOCC2)[nH][nH]1. The molecule has 14 heavy (non-hydrogen) atoms. The van der Waals surface area contributed by atoms with E-state index in [1.54, 1.807) is 6.07 Å². The molecule has 1 aliphatic rings. The molecule has 1 aromatic rings. The first-order chi connectivity index (χ1) is 6.84. The summed E-state index contributed by atoms with van der Waals surface area (Å²) in [6.07, 6.45) is 4.43. The fourth-order valence-corrected chi connectivity index (χ4v) is 1.90. The highest BCUT2D eigenvalue weighted by molar-refractivity contribution is 4.98. The molecule has 4 heteroatoms. The van der Waals surface area contributed by atoms with Crippen molar-refractivity contribution in [2.24, 2.45) is 5.92 Å². The average molecular weight is 196 g/mol. The molecular formula is C10H16N2O2. The van der Waals surface area contributed by atoms with Gasteiger partial charge in [0.1, 0.15) is 0 Å². The van der Waals surface area contributed by atoms with Gasteiger partial charge in [-0.15, -0.1) is 0 Å². The highest BCUT2D eigenvalue weighted by Crippen LogP contribution is 2.19. The zero-order valence-corrected chi connectivity index (χ0v) is 8.21. The van der Waals surface area contributed by atoms with Crippen LogP contribution >= 0.6 is 0 Å². The van der Waals surface area contributed by atoms with Crippen LogP contribution in [0.5, 0.6) is 0 Å². The molecule has 0 aromatic carbocycles. The maximum atomic E-state index is 10.8. The number of rotatable bonds is 3. The first-order valence-corrected chi connectivity index (χ1v) is 5.19. The monoisotopic (exact) mass is 196 g/mol. The van der Waals surface area contributed by atoms with E-state index in [9.17, 15) is 4.79 Å². The Morgan fingerprint density at radius 2 is 2.14 bits per heavy atom. The summed E-state index contributed by atoms with van der Waals surface area (Å²) in [5.41, 5.74) is 0.980. The van der Waals surface area contributed by atoms with E-state index in [1.165, 1.54) is 0 Å². The molecule has 78 valence electrons. The summed E-state index contributed by atoms with van der Waals surface area (Å²) >= 11 is 0. The minimum Gasteiger partial charge on any atom is -0.381 e. The Hall–Kier alpha value is -1.03. The number of H-pyrrole nitrogens is 2. The zero-order valence-electron chi connectivity index (χ0n) is 8.21. The standard InChI is InChI=1S/C10H16N2O2/c13-10-7-9(11-12-10)2-1-8-3-5-14-6-4-8/h7-8H,1-6H2,(H2,11,12,13). The third-order valence-electron chi connectivity index (χ3n) is 2.81. The second kappa shape index (κ2) is 4.46. The molecule has 0 bridgehead atoms. The topological polar surface area (TPSA) is 57.9 Å². The first kappa shape index (κ1) is 9.52. The zero-order chi connectivity index (χ0) is 9.80. The van der Waals surface area contributed by atoms with E-state index in [0.717, 1.165) is 50.5 Å². The second-order valence-electron chi connectivity index (χ2n) is 3.88.